The smallest absolute Gasteiger partial charge is 0.284 e. The van der Waals surface area contributed by atoms with Crippen LogP contribution in [-0.2, 0) is 24.6 Å². The summed E-state index contributed by atoms with van der Waals surface area (Å²) in [4.78, 5) is 8.10. The van der Waals surface area contributed by atoms with Gasteiger partial charge in [0.25, 0.3) is 0 Å². The van der Waals surface area contributed by atoms with E-state index in [0.29, 0.717) is 6.42 Å². The molecule has 0 bridgehead atoms. The van der Waals surface area contributed by atoms with E-state index in [-0.39, 0.29) is 13.2 Å². The molecule has 0 aromatic rings. The van der Waals surface area contributed by atoms with Crippen LogP contribution < -0.4 is 0 Å². The Morgan fingerprint density at radius 3 is 2.55 bits per heavy atom. The highest BCUT2D eigenvalue weighted by Crippen LogP contribution is 2.13. The van der Waals surface area contributed by atoms with Crippen molar-refractivity contribution in [2.45, 2.75) is 6.42 Å². The molecule has 0 spiro atoms. The van der Waals surface area contributed by atoms with Crippen molar-refractivity contribution in [3.8, 4) is 0 Å². The van der Waals surface area contributed by atoms with Crippen molar-refractivity contribution in [2.75, 3.05) is 13.2 Å². The third-order valence-electron chi connectivity index (χ3n) is 0.675. The molecule has 0 aliphatic heterocycles. The topological polar surface area (TPSA) is 93.1 Å². The summed E-state index contributed by atoms with van der Waals surface area (Å²) in [6.07, 6.45) is 0.300. The molecule has 0 aromatic carbocycles. The quantitative estimate of drug-likeness (QED) is 0.363. The fourth-order valence-electron chi connectivity index (χ4n) is 0.332. The van der Waals surface area contributed by atoms with Crippen molar-refractivity contribution >= 4 is 19.6 Å². The molecule has 0 saturated heterocycles. The van der Waals surface area contributed by atoms with Gasteiger partial charge in [0.05, 0.1) is 6.61 Å². The summed E-state index contributed by atoms with van der Waals surface area (Å²) >= 11 is -2.27. The molecule has 0 amide bonds. The molecule has 2 N–H and O–H groups in total. The second-order valence-corrected chi connectivity index (χ2v) is 2.87. The Morgan fingerprint density at radius 2 is 2.09 bits per heavy atom. The fraction of sp³-hybridized carbons (Fsp3) is 1.00. The van der Waals surface area contributed by atoms with Gasteiger partial charge >= 0.3 is 19.6 Å². The molecule has 6 nitrogen and oxygen atoms in total. The van der Waals surface area contributed by atoms with Gasteiger partial charge in [-0.05, 0) is 0 Å². The zero-order chi connectivity index (χ0) is 8.69. The van der Waals surface area contributed by atoms with Crippen molar-refractivity contribution in [3.63, 3.8) is 0 Å². The molecule has 0 aromatic heterocycles. The summed E-state index contributed by atoms with van der Waals surface area (Å²) in [6.45, 7) is 0.0508. The lowest BCUT2D eigenvalue weighted by Crippen LogP contribution is -2.00. The molecule has 2 atom stereocenters. The van der Waals surface area contributed by atoms with Crippen LogP contribution in [0, 0.1) is 0 Å². The molecule has 0 saturated carbocycles. The molecule has 8 heteroatoms. The maximum atomic E-state index is 9.87. The lowest BCUT2D eigenvalue weighted by molar-refractivity contribution is 0.236. The van der Waals surface area contributed by atoms with E-state index in [1.165, 1.54) is 0 Å². The van der Waals surface area contributed by atoms with Crippen LogP contribution in [0.15, 0.2) is 0 Å². The van der Waals surface area contributed by atoms with E-state index in [2.05, 4.69) is 8.71 Å². The molecule has 2 unspecified atom stereocenters. The van der Waals surface area contributed by atoms with Crippen molar-refractivity contribution in [2.24, 2.45) is 0 Å². The van der Waals surface area contributed by atoms with E-state index in [1.807, 2.05) is 0 Å². The molecule has 0 aliphatic carbocycles. The van der Waals surface area contributed by atoms with Gasteiger partial charge in [0.1, 0.15) is 6.61 Å². The van der Waals surface area contributed by atoms with Crippen LogP contribution in [0.4, 0.5) is 0 Å². The lowest BCUT2D eigenvalue weighted by atomic mass is 10.5. The molecule has 66 valence electrons. The second kappa shape index (κ2) is 6.78. The average Bonchev–Trinajstić information content (AvgIpc) is 1.85. The lowest BCUT2D eigenvalue weighted by Gasteiger charge is -1.93. The minimum Gasteiger partial charge on any atom is -0.284 e. The van der Waals surface area contributed by atoms with E-state index >= 15 is 0 Å². The van der Waals surface area contributed by atoms with Crippen LogP contribution in [0.1, 0.15) is 6.42 Å². The SMILES string of the molecule is O=[P+](O)OCCCOS(=O)O. The highest BCUT2D eigenvalue weighted by Gasteiger charge is 2.10. The highest BCUT2D eigenvalue weighted by molar-refractivity contribution is 7.74. The normalized spacial score (nSPS) is 14.5. The molecular formula is C3H8O6PS+. The maximum Gasteiger partial charge on any atom is 0.694 e. The monoisotopic (exact) mass is 203 g/mol. The van der Waals surface area contributed by atoms with Gasteiger partial charge in [-0.15, -0.1) is 9.42 Å². The first-order valence-corrected chi connectivity index (χ1v) is 4.82. The second-order valence-electron chi connectivity index (χ2n) is 1.46. The third kappa shape index (κ3) is 10.1. The molecule has 0 fully saturated rings. The highest BCUT2D eigenvalue weighted by atomic mass is 32.2. The van der Waals surface area contributed by atoms with Crippen LogP contribution in [0.3, 0.4) is 0 Å². The third-order valence-corrected chi connectivity index (χ3v) is 1.45. The number of hydrogen-bond donors (Lipinski definition) is 2. The summed E-state index contributed by atoms with van der Waals surface area (Å²) in [5, 5.41) is 0. The van der Waals surface area contributed by atoms with Crippen molar-refractivity contribution < 1.29 is 26.9 Å². The summed E-state index contributed by atoms with van der Waals surface area (Å²) in [6, 6.07) is 0. The van der Waals surface area contributed by atoms with Gasteiger partial charge in [0.15, 0.2) is 0 Å². The van der Waals surface area contributed by atoms with Gasteiger partial charge in [-0.1, -0.05) is 0 Å². The number of rotatable bonds is 6. The fourth-order valence-corrected chi connectivity index (χ4v) is 0.877. The van der Waals surface area contributed by atoms with Crippen LogP contribution >= 0.6 is 8.25 Å². The predicted octanol–water partition coefficient (Wildman–Crippen LogP) is 0.196. The Kier molecular flexibility index (Phi) is 6.83. The predicted molar refractivity (Wildman–Crippen MR) is 37.1 cm³/mol. The number of hydrogen-bond acceptors (Lipinski definition) is 4. The first-order chi connectivity index (χ1) is 5.13. The minimum absolute atomic E-state index is 0.0201. The van der Waals surface area contributed by atoms with Crippen molar-refractivity contribution in [1.82, 2.24) is 0 Å². The van der Waals surface area contributed by atoms with Crippen LogP contribution in [0.5, 0.6) is 0 Å². The molecule has 0 heterocycles. The molecule has 0 rings (SSSR count). The molecule has 11 heavy (non-hydrogen) atoms. The van der Waals surface area contributed by atoms with Gasteiger partial charge in [-0.3, -0.25) is 8.74 Å². The Hall–Kier alpha value is 0.0900. The van der Waals surface area contributed by atoms with Crippen molar-refractivity contribution in [1.29, 1.82) is 0 Å². The van der Waals surface area contributed by atoms with Crippen molar-refractivity contribution in [3.05, 3.63) is 0 Å². The van der Waals surface area contributed by atoms with E-state index in [1.54, 1.807) is 0 Å². The maximum absolute atomic E-state index is 9.87. The van der Waals surface area contributed by atoms with Gasteiger partial charge in [0.2, 0.25) is 0 Å². The summed E-state index contributed by atoms with van der Waals surface area (Å²) in [5.74, 6) is 0. The Bertz CT molecular complexity index is 133. The summed E-state index contributed by atoms with van der Waals surface area (Å²) in [7, 11) is -2.58. The van der Waals surface area contributed by atoms with Crippen LogP contribution in [-0.4, -0.2) is 26.9 Å². The largest absolute Gasteiger partial charge is 0.694 e. The molecule has 0 aliphatic rings. The summed E-state index contributed by atoms with van der Waals surface area (Å²) in [5.41, 5.74) is 0. The first-order valence-electron chi connectivity index (χ1n) is 2.66. The van der Waals surface area contributed by atoms with E-state index < -0.39 is 19.6 Å². The van der Waals surface area contributed by atoms with E-state index in [4.69, 9.17) is 9.45 Å². The Morgan fingerprint density at radius 1 is 1.45 bits per heavy atom. The van der Waals surface area contributed by atoms with Gasteiger partial charge in [-0.25, -0.2) is 0 Å². The minimum atomic E-state index is -2.58. The van der Waals surface area contributed by atoms with Crippen LogP contribution in [0.2, 0.25) is 0 Å². The Balaban J connectivity index is 3.03. The zero-order valence-electron chi connectivity index (χ0n) is 5.50. The first kappa shape index (κ1) is 11.1. The van der Waals surface area contributed by atoms with E-state index in [9.17, 15) is 8.77 Å². The van der Waals surface area contributed by atoms with Crippen LogP contribution in [0.25, 0.3) is 0 Å². The Labute approximate surface area is 67.0 Å². The molecular weight excluding hydrogens is 195 g/mol. The van der Waals surface area contributed by atoms with E-state index in [0.717, 1.165) is 0 Å². The van der Waals surface area contributed by atoms with Gasteiger partial charge in [-0.2, -0.15) is 4.21 Å². The van der Waals surface area contributed by atoms with Gasteiger partial charge < -0.3 is 0 Å². The molecule has 0 radical (unpaired) electrons. The average molecular weight is 203 g/mol. The summed E-state index contributed by atoms with van der Waals surface area (Å²) < 4.78 is 36.2. The zero-order valence-corrected chi connectivity index (χ0v) is 7.22. The van der Waals surface area contributed by atoms with Gasteiger partial charge in [0, 0.05) is 11.0 Å². The standard InChI is InChI=1S/C3H7O6PS/c4-10(5)8-2-1-3-9-11(6)7/h1-3H2,(H-,4,5,6,7)/p+1.